The maximum absolute atomic E-state index is 12.7. The molecule has 0 spiro atoms. The van der Waals surface area contributed by atoms with Gasteiger partial charge >= 0.3 is 0 Å². The van der Waals surface area contributed by atoms with Crippen LogP contribution in [0.3, 0.4) is 0 Å². The minimum Gasteiger partial charge on any atom is -0.483 e. The number of nitrogens with one attached hydrogen (secondary N) is 1. The molecule has 1 fully saturated rings. The van der Waals surface area contributed by atoms with Gasteiger partial charge in [-0.2, -0.15) is 0 Å². The third kappa shape index (κ3) is 3.76. The maximum atomic E-state index is 12.7. The summed E-state index contributed by atoms with van der Waals surface area (Å²) in [5.41, 5.74) is 3.18. The second kappa shape index (κ2) is 7.16. The van der Waals surface area contributed by atoms with E-state index in [0.29, 0.717) is 29.4 Å². The average molecular weight is 388 g/mol. The van der Waals surface area contributed by atoms with Crippen LogP contribution in [0, 0.1) is 5.92 Å². The highest BCUT2D eigenvalue weighted by Crippen LogP contribution is 2.32. The van der Waals surface area contributed by atoms with Gasteiger partial charge < -0.3 is 15.0 Å². The van der Waals surface area contributed by atoms with Crippen LogP contribution in [0.1, 0.15) is 28.9 Å². The van der Waals surface area contributed by atoms with Crippen LogP contribution in [0.15, 0.2) is 48.7 Å². The van der Waals surface area contributed by atoms with Gasteiger partial charge in [-0.15, -0.1) is 0 Å². The first-order valence-corrected chi connectivity index (χ1v) is 9.72. The molecule has 1 aliphatic carbocycles. The molecular weight excluding hydrogens is 368 g/mol. The summed E-state index contributed by atoms with van der Waals surface area (Å²) in [7, 11) is 0. The largest absolute Gasteiger partial charge is 0.483 e. The van der Waals surface area contributed by atoms with Crippen LogP contribution in [-0.4, -0.2) is 39.8 Å². The minimum absolute atomic E-state index is 0.00474. The molecule has 2 amide bonds. The summed E-state index contributed by atoms with van der Waals surface area (Å²) in [5.74, 6) is 0.962. The third-order valence-electron chi connectivity index (χ3n) is 5.24. The zero-order valence-corrected chi connectivity index (χ0v) is 15.8. The van der Waals surface area contributed by atoms with E-state index in [1.807, 2.05) is 35.2 Å². The van der Waals surface area contributed by atoms with Crippen molar-refractivity contribution < 1.29 is 14.3 Å². The summed E-state index contributed by atoms with van der Waals surface area (Å²) in [6.45, 7) is 1.31. The SMILES string of the molecule is O=C(Nc1ccc2c(c1)CN(CC1CC1)C(=O)CO2)c1cnc2ccccc2n1. The Morgan fingerprint density at radius 2 is 2.00 bits per heavy atom. The number of fused-ring (bicyclic) bond motifs is 2. The molecule has 5 rings (SSSR count). The summed E-state index contributed by atoms with van der Waals surface area (Å²) < 4.78 is 5.66. The lowest BCUT2D eigenvalue weighted by molar-refractivity contribution is -0.133. The molecule has 2 aliphatic rings. The van der Waals surface area contributed by atoms with Crippen molar-refractivity contribution in [2.75, 3.05) is 18.5 Å². The quantitative estimate of drug-likeness (QED) is 0.743. The van der Waals surface area contributed by atoms with Crippen molar-refractivity contribution in [2.24, 2.45) is 5.92 Å². The first-order valence-electron chi connectivity index (χ1n) is 9.72. The molecule has 2 heterocycles. The van der Waals surface area contributed by atoms with E-state index in [2.05, 4.69) is 15.3 Å². The number of benzene rings is 2. The number of hydrogen-bond donors (Lipinski definition) is 1. The minimum atomic E-state index is -0.330. The van der Waals surface area contributed by atoms with Crippen molar-refractivity contribution in [3.8, 4) is 5.75 Å². The lowest BCUT2D eigenvalue weighted by Crippen LogP contribution is -2.34. The van der Waals surface area contributed by atoms with Crippen molar-refractivity contribution in [3.05, 3.63) is 59.9 Å². The number of aromatic nitrogens is 2. The van der Waals surface area contributed by atoms with Crippen LogP contribution < -0.4 is 10.1 Å². The van der Waals surface area contributed by atoms with Crippen molar-refractivity contribution in [1.29, 1.82) is 0 Å². The highest BCUT2D eigenvalue weighted by molar-refractivity contribution is 6.03. The Balaban J connectivity index is 1.36. The van der Waals surface area contributed by atoms with Crippen LogP contribution in [0.2, 0.25) is 0 Å². The number of anilines is 1. The Kier molecular flexibility index (Phi) is 4.35. The van der Waals surface area contributed by atoms with Gasteiger partial charge in [0.2, 0.25) is 0 Å². The molecule has 1 aliphatic heterocycles. The smallest absolute Gasteiger partial charge is 0.275 e. The number of carbonyl (C=O) groups is 2. The molecule has 7 nitrogen and oxygen atoms in total. The van der Waals surface area contributed by atoms with Gasteiger partial charge in [0.1, 0.15) is 11.4 Å². The summed E-state index contributed by atoms with van der Waals surface area (Å²) in [6.07, 6.45) is 3.83. The lowest BCUT2D eigenvalue weighted by Gasteiger charge is -2.19. The molecule has 1 N–H and O–H groups in total. The summed E-state index contributed by atoms with van der Waals surface area (Å²) in [6, 6.07) is 12.8. The average Bonchev–Trinajstić information content (AvgIpc) is 3.57. The second-order valence-corrected chi connectivity index (χ2v) is 7.53. The number of amides is 2. The molecule has 7 heteroatoms. The fourth-order valence-corrected chi connectivity index (χ4v) is 3.49. The zero-order chi connectivity index (χ0) is 19.8. The number of rotatable bonds is 4. The predicted octanol–water partition coefficient (Wildman–Crippen LogP) is 3.01. The Bertz CT molecular complexity index is 1110. The van der Waals surface area contributed by atoms with Gasteiger partial charge in [-0.05, 0) is 49.1 Å². The molecule has 3 aromatic rings. The summed E-state index contributed by atoms with van der Waals surface area (Å²) in [4.78, 5) is 35.5. The van der Waals surface area contributed by atoms with E-state index >= 15 is 0 Å². The van der Waals surface area contributed by atoms with E-state index in [4.69, 9.17) is 4.74 Å². The molecule has 0 bridgehead atoms. The highest BCUT2D eigenvalue weighted by Gasteiger charge is 2.29. The number of nitrogens with zero attached hydrogens (tertiary/aromatic N) is 3. The van der Waals surface area contributed by atoms with Crippen molar-refractivity contribution >= 4 is 28.5 Å². The Morgan fingerprint density at radius 3 is 2.83 bits per heavy atom. The topological polar surface area (TPSA) is 84.4 Å². The monoisotopic (exact) mass is 388 g/mol. The highest BCUT2D eigenvalue weighted by atomic mass is 16.5. The summed E-state index contributed by atoms with van der Waals surface area (Å²) in [5, 5.41) is 2.87. The van der Waals surface area contributed by atoms with E-state index < -0.39 is 0 Å². The fourth-order valence-electron chi connectivity index (χ4n) is 3.49. The standard InChI is InChI=1S/C22H20N4O3/c27-21-13-29-20-8-7-16(9-15(20)12-26(21)11-14-5-6-14)24-22(28)19-10-23-17-3-1-2-4-18(17)25-19/h1-4,7-10,14H,5-6,11-13H2,(H,24,28). The third-order valence-corrected chi connectivity index (χ3v) is 5.24. The first-order chi connectivity index (χ1) is 14.2. The van der Waals surface area contributed by atoms with Gasteiger partial charge in [0.15, 0.2) is 6.61 Å². The van der Waals surface area contributed by atoms with E-state index in [0.717, 1.165) is 17.6 Å². The number of carbonyl (C=O) groups excluding carboxylic acids is 2. The zero-order valence-electron chi connectivity index (χ0n) is 15.8. The van der Waals surface area contributed by atoms with Gasteiger partial charge in [0, 0.05) is 24.3 Å². The van der Waals surface area contributed by atoms with Crippen molar-refractivity contribution in [1.82, 2.24) is 14.9 Å². The van der Waals surface area contributed by atoms with Crippen LogP contribution in [0.4, 0.5) is 5.69 Å². The molecule has 29 heavy (non-hydrogen) atoms. The van der Waals surface area contributed by atoms with Crippen molar-refractivity contribution in [2.45, 2.75) is 19.4 Å². The lowest BCUT2D eigenvalue weighted by atomic mass is 10.1. The number of ether oxygens (including phenoxy) is 1. The van der Waals surface area contributed by atoms with Gasteiger partial charge in [0.25, 0.3) is 11.8 Å². The molecule has 0 unspecified atom stereocenters. The molecule has 2 aromatic carbocycles. The number of hydrogen-bond acceptors (Lipinski definition) is 5. The molecule has 0 atom stereocenters. The predicted molar refractivity (Wildman–Crippen MR) is 108 cm³/mol. The molecule has 146 valence electrons. The Labute approximate surface area is 167 Å². The van der Waals surface area contributed by atoms with E-state index in [1.54, 1.807) is 12.1 Å². The van der Waals surface area contributed by atoms with Crippen molar-refractivity contribution in [3.63, 3.8) is 0 Å². The molecule has 0 radical (unpaired) electrons. The Morgan fingerprint density at radius 1 is 1.17 bits per heavy atom. The Hall–Kier alpha value is -3.48. The van der Waals surface area contributed by atoms with Gasteiger partial charge in [-0.1, -0.05) is 12.1 Å². The molecular formula is C22H20N4O3. The van der Waals surface area contributed by atoms with Crippen LogP contribution >= 0.6 is 0 Å². The summed E-state index contributed by atoms with van der Waals surface area (Å²) >= 11 is 0. The van der Waals surface area contributed by atoms with Gasteiger partial charge in [0.05, 0.1) is 17.2 Å². The first kappa shape index (κ1) is 17.6. The van der Waals surface area contributed by atoms with Gasteiger partial charge in [-0.3, -0.25) is 14.6 Å². The maximum Gasteiger partial charge on any atom is 0.275 e. The molecule has 1 saturated carbocycles. The van der Waals surface area contributed by atoms with Gasteiger partial charge in [-0.25, -0.2) is 4.98 Å². The number of para-hydroxylation sites is 2. The van der Waals surface area contributed by atoms with E-state index in [1.165, 1.54) is 19.0 Å². The normalized spacial score (nSPS) is 16.1. The van der Waals surface area contributed by atoms with E-state index in [9.17, 15) is 9.59 Å². The van der Waals surface area contributed by atoms with Crippen LogP contribution in [0.25, 0.3) is 11.0 Å². The van der Waals surface area contributed by atoms with Crippen LogP contribution in [0.5, 0.6) is 5.75 Å². The van der Waals surface area contributed by atoms with Crippen LogP contribution in [-0.2, 0) is 11.3 Å². The van der Waals surface area contributed by atoms with E-state index in [-0.39, 0.29) is 24.1 Å². The molecule has 1 aromatic heterocycles. The molecule has 0 saturated heterocycles. The fraction of sp³-hybridized carbons (Fsp3) is 0.273. The second-order valence-electron chi connectivity index (χ2n) is 7.53.